The van der Waals surface area contributed by atoms with Crippen LogP contribution in [0.5, 0.6) is 5.75 Å². The highest BCUT2D eigenvalue weighted by molar-refractivity contribution is 6.77. The number of hydrogen-bond donors (Lipinski definition) is 0. The van der Waals surface area contributed by atoms with Crippen LogP contribution in [0.3, 0.4) is 0 Å². The molecule has 0 saturated carbocycles. The molecule has 0 aromatic heterocycles. The molecular weight excluding hydrogens is 415 g/mol. The van der Waals surface area contributed by atoms with Crippen molar-refractivity contribution < 1.29 is 4.74 Å². The van der Waals surface area contributed by atoms with E-state index in [1.54, 1.807) is 31.4 Å². The van der Waals surface area contributed by atoms with E-state index in [1.165, 1.54) is 4.90 Å². The van der Waals surface area contributed by atoms with Gasteiger partial charge >= 0.3 is 0 Å². The molecule has 10 heteroatoms. The number of methoxy groups -OCH3 is 1. The second-order valence-corrected chi connectivity index (χ2v) is 8.68. The van der Waals surface area contributed by atoms with E-state index in [4.69, 9.17) is 74.3 Å². The van der Waals surface area contributed by atoms with Crippen LogP contribution in [0.15, 0.2) is 34.3 Å². The summed E-state index contributed by atoms with van der Waals surface area (Å²) >= 11 is 35.3. The molecule has 1 aliphatic rings. The van der Waals surface area contributed by atoms with Crippen LogP contribution in [0, 0.1) is 0 Å². The van der Waals surface area contributed by atoms with Crippen LogP contribution in [0.4, 0.5) is 0 Å². The maximum atomic E-state index is 5.92. The number of hydrogen-bond acceptors (Lipinski definition) is 4. The molecule has 120 valence electrons. The number of nitrogens with zero attached hydrogens (tertiary/aromatic N) is 3. The first-order valence-electron chi connectivity index (χ1n) is 5.82. The van der Waals surface area contributed by atoms with Crippen LogP contribution >= 0.6 is 69.6 Å². The minimum Gasteiger partial charge on any atom is -0.497 e. The smallest absolute Gasteiger partial charge is 0.270 e. The third-order valence-electron chi connectivity index (χ3n) is 2.74. The maximum Gasteiger partial charge on any atom is 0.270 e. The van der Waals surface area contributed by atoms with Gasteiger partial charge in [0, 0.05) is 5.56 Å². The van der Waals surface area contributed by atoms with E-state index in [1.807, 2.05) is 0 Å². The van der Waals surface area contributed by atoms with Crippen molar-refractivity contribution in [2.75, 3.05) is 13.8 Å². The van der Waals surface area contributed by atoms with Crippen molar-refractivity contribution in [1.82, 2.24) is 4.90 Å². The van der Waals surface area contributed by atoms with Gasteiger partial charge in [0.05, 0.1) is 7.11 Å². The fourth-order valence-electron chi connectivity index (χ4n) is 1.71. The van der Waals surface area contributed by atoms with Gasteiger partial charge < -0.3 is 4.74 Å². The molecule has 0 bridgehead atoms. The lowest BCUT2D eigenvalue weighted by Crippen LogP contribution is -2.49. The topological polar surface area (TPSA) is 37.2 Å². The van der Waals surface area contributed by atoms with Gasteiger partial charge in [-0.2, -0.15) is 0 Å². The Balaban J connectivity index is 2.39. The van der Waals surface area contributed by atoms with Crippen LogP contribution in [-0.2, 0) is 0 Å². The largest absolute Gasteiger partial charge is 0.497 e. The summed E-state index contributed by atoms with van der Waals surface area (Å²) in [4.78, 5) is 9.66. The van der Waals surface area contributed by atoms with Gasteiger partial charge in [-0.15, -0.1) is 0 Å². The molecule has 1 aromatic rings. The van der Waals surface area contributed by atoms with Gasteiger partial charge in [-0.25, -0.2) is 9.98 Å². The van der Waals surface area contributed by atoms with Gasteiger partial charge in [0.2, 0.25) is 3.79 Å². The summed E-state index contributed by atoms with van der Waals surface area (Å²) < 4.78 is 1.39. The fourth-order valence-corrected chi connectivity index (χ4v) is 2.55. The summed E-state index contributed by atoms with van der Waals surface area (Å²) in [5.41, 5.74) is 0.719. The Bertz CT molecular complexity index is 603. The molecule has 1 heterocycles. The highest BCUT2D eigenvalue weighted by atomic mass is 35.6. The Morgan fingerprint density at radius 2 is 1.64 bits per heavy atom. The lowest BCUT2D eigenvalue weighted by Gasteiger charge is -2.35. The van der Waals surface area contributed by atoms with Crippen LogP contribution in [0.2, 0.25) is 0 Å². The van der Waals surface area contributed by atoms with E-state index in [2.05, 4.69) is 9.98 Å². The van der Waals surface area contributed by atoms with E-state index in [9.17, 15) is 0 Å². The number of benzene rings is 1. The van der Waals surface area contributed by atoms with Crippen molar-refractivity contribution in [2.24, 2.45) is 9.98 Å². The van der Waals surface area contributed by atoms with Crippen molar-refractivity contribution in [3.63, 3.8) is 0 Å². The lowest BCUT2D eigenvalue weighted by atomic mass is 10.2. The molecule has 0 fully saturated rings. The predicted octanol–water partition coefficient (Wildman–Crippen LogP) is 4.81. The Morgan fingerprint density at radius 3 is 2.09 bits per heavy atom. The second kappa shape index (κ2) is 6.80. The van der Waals surface area contributed by atoms with Crippen LogP contribution in [-0.4, -0.2) is 38.1 Å². The van der Waals surface area contributed by atoms with Gasteiger partial charge in [0.15, 0.2) is 11.7 Å². The number of amidine groups is 2. The van der Waals surface area contributed by atoms with E-state index < -0.39 is 7.71 Å². The molecule has 0 spiro atoms. The third kappa shape index (κ3) is 4.25. The normalized spacial score (nSPS) is 16.2. The fraction of sp³-hybridized carbons (Fsp3) is 0.333. The summed E-state index contributed by atoms with van der Waals surface area (Å²) in [5.74, 6) is 1.06. The van der Waals surface area contributed by atoms with Crippen molar-refractivity contribution in [3.8, 4) is 5.75 Å². The van der Waals surface area contributed by atoms with Gasteiger partial charge in [-0.3, -0.25) is 4.90 Å². The molecule has 1 aromatic carbocycles. The zero-order valence-corrected chi connectivity index (χ0v) is 15.6. The number of rotatable bonds is 2. The highest BCUT2D eigenvalue weighted by Gasteiger charge is 2.43. The molecule has 22 heavy (non-hydrogen) atoms. The highest BCUT2D eigenvalue weighted by Crippen LogP contribution is 2.39. The minimum absolute atomic E-state index is 0.00932. The Hall–Kier alpha value is -0.100. The molecular formula is C12H9Cl6N3O. The van der Waals surface area contributed by atoms with Crippen LogP contribution in [0.1, 0.15) is 5.56 Å². The van der Waals surface area contributed by atoms with Gasteiger partial charge in [-0.05, 0) is 24.3 Å². The number of halogens is 6. The zero-order valence-electron chi connectivity index (χ0n) is 11.0. The third-order valence-corrected chi connectivity index (χ3v) is 3.86. The molecule has 0 atom stereocenters. The van der Waals surface area contributed by atoms with E-state index in [0.29, 0.717) is 11.6 Å². The summed E-state index contributed by atoms with van der Waals surface area (Å²) in [6.07, 6.45) is 0. The quantitative estimate of drug-likeness (QED) is 0.505. The molecule has 0 radical (unpaired) electrons. The maximum absolute atomic E-state index is 5.92. The first kappa shape index (κ1) is 18.2. The van der Waals surface area contributed by atoms with Crippen molar-refractivity contribution in [1.29, 1.82) is 0 Å². The molecule has 4 nitrogen and oxygen atoms in total. The van der Waals surface area contributed by atoms with Gasteiger partial charge in [-0.1, -0.05) is 69.6 Å². The summed E-state index contributed by atoms with van der Waals surface area (Å²) in [6, 6.07) is 7.09. The monoisotopic (exact) mass is 421 g/mol. The van der Waals surface area contributed by atoms with Crippen molar-refractivity contribution in [3.05, 3.63) is 29.8 Å². The number of aliphatic imine (C=N–C) groups is 2. The molecule has 0 N–H and O–H groups in total. The molecule has 2 rings (SSSR count). The minimum atomic E-state index is -1.86. The first-order chi connectivity index (χ1) is 10.1. The van der Waals surface area contributed by atoms with E-state index in [0.717, 1.165) is 5.56 Å². The summed E-state index contributed by atoms with van der Waals surface area (Å²) in [6.45, 7) is -0.00932. The number of alkyl halides is 6. The van der Waals surface area contributed by atoms with Gasteiger partial charge in [0.1, 0.15) is 12.4 Å². The average Bonchev–Trinajstić information content (AvgIpc) is 2.45. The first-order valence-corrected chi connectivity index (χ1v) is 8.09. The predicted molar refractivity (Wildman–Crippen MR) is 94.3 cm³/mol. The van der Waals surface area contributed by atoms with E-state index >= 15 is 0 Å². The molecule has 0 amide bonds. The lowest BCUT2D eigenvalue weighted by molar-refractivity contribution is 0.414. The standard InChI is InChI=1S/C12H9Cl6N3O/c1-22-8-4-2-7(3-5-8)9-19-6-21(12(16,17)18)10(20-9)11(13,14)15/h2-5H,6H2,1H3. The van der Waals surface area contributed by atoms with Crippen molar-refractivity contribution >= 4 is 81.3 Å². The number of ether oxygens (including phenoxy) is 1. The molecule has 1 aliphatic heterocycles. The molecule has 0 unspecified atom stereocenters. The SMILES string of the molecule is COc1ccc(C2=NCN(C(Cl)(Cl)Cl)C(C(Cl)(Cl)Cl)=N2)cc1. The van der Waals surface area contributed by atoms with E-state index in [-0.39, 0.29) is 12.5 Å². The van der Waals surface area contributed by atoms with Crippen LogP contribution in [0.25, 0.3) is 0 Å². The Kier molecular flexibility index (Phi) is 5.63. The molecule has 0 saturated heterocycles. The zero-order chi connectivity index (χ0) is 16.5. The Labute approximate surface area is 157 Å². The van der Waals surface area contributed by atoms with Crippen molar-refractivity contribution in [2.45, 2.75) is 7.71 Å². The average molecular weight is 424 g/mol. The summed E-state index contributed by atoms with van der Waals surface area (Å²) in [5, 5.41) is 0. The molecule has 0 aliphatic carbocycles. The Morgan fingerprint density at radius 1 is 1.05 bits per heavy atom. The second-order valence-electron chi connectivity index (χ2n) is 4.18. The summed E-state index contributed by atoms with van der Waals surface area (Å²) in [7, 11) is 1.57. The van der Waals surface area contributed by atoms with Crippen LogP contribution < -0.4 is 4.74 Å². The van der Waals surface area contributed by atoms with Gasteiger partial charge in [0.25, 0.3) is 3.92 Å².